The van der Waals surface area contributed by atoms with Crippen LogP contribution in [-0.4, -0.2) is 50.3 Å². The number of amides is 2. The molecular weight excluding hydrogens is 417 g/mol. The van der Waals surface area contributed by atoms with Crippen LogP contribution in [0, 0.1) is 11.7 Å². The average Bonchev–Trinajstić information content (AvgIpc) is 3.03. The van der Waals surface area contributed by atoms with Crippen LogP contribution in [0.4, 0.5) is 10.1 Å². The Morgan fingerprint density at radius 2 is 2.03 bits per heavy atom. The SMILES string of the molecule is CC1CCN(C(=O)CSc2nnc(CC(=O)Nc3ccc(F)c(Cl)c3)n2C)CC1. The van der Waals surface area contributed by atoms with E-state index in [-0.39, 0.29) is 23.3 Å². The van der Waals surface area contributed by atoms with Crippen molar-refractivity contribution in [2.75, 3.05) is 24.2 Å². The first-order chi connectivity index (χ1) is 13.8. The third-order valence-electron chi connectivity index (χ3n) is 4.91. The number of anilines is 1. The monoisotopic (exact) mass is 439 g/mol. The molecule has 10 heteroatoms. The summed E-state index contributed by atoms with van der Waals surface area (Å²) in [5, 5.41) is 11.3. The molecule has 0 radical (unpaired) electrons. The highest BCUT2D eigenvalue weighted by Gasteiger charge is 2.21. The van der Waals surface area contributed by atoms with Crippen LogP contribution in [-0.2, 0) is 23.1 Å². The zero-order valence-corrected chi connectivity index (χ0v) is 17.9. The Kier molecular flexibility index (Phi) is 7.13. The first-order valence-electron chi connectivity index (χ1n) is 9.37. The summed E-state index contributed by atoms with van der Waals surface area (Å²) in [6.45, 7) is 3.81. The van der Waals surface area contributed by atoms with E-state index in [0.29, 0.717) is 28.3 Å². The Bertz CT molecular complexity index is 899. The third kappa shape index (κ3) is 5.70. The molecule has 0 bridgehead atoms. The predicted octanol–water partition coefficient (Wildman–Crippen LogP) is 3.14. The van der Waals surface area contributed by atoms with Crippen molar-refractivity contribution in [2.24, 2.45) is 13.0 Å². The van der Waals surface area contributed by atoms with Crippen molar-refractivity contribution in [3.05, 3.63) is 34.9 Å². The first-order valence-corrected chi connectivity index (χ1v) is 10.7. The minimum Gasteiger partial charge on any atom is -0.342 e. The van der Waals surface area contributed by atoms with E-state index in [4.69, 9.17) is 11.6 Å². The topological polar surface area (TPSA) is 80.1 Å². The van der Waals surface area contributed by atoms with Crippen LogP contribution in [0.15, 0.2) is 23.4 Å². The number of aromatic nitrogens is 3. The molecule has 0 aliphatic carbocycles. The quantitative estimate of drug-likeness (QED) is 0.699. The maximum absolute atomic E-state index is 13.2. The molecule has 2 heterocycles. The molecule has 1 aromatic carbocycles. The first kappa shape index (κ1) is 21.6. The van der Waals surface area contributed by atoms with Crippen molar-refractivity contribution >= 4 is 40.9 Å². The van der Waals surface area contributed by atoms with Crippen LogP contribution in [0.25, 0.3) is 0 Å². The van der Waals surface area contributed by atoms with Crippen molar-refractivity contribution in [2.45, 2.75) is 31.3 Å². The average molecular weight is 440 g/mol. The second kappa shape index (κ2) is 9.58. The number of hydrogen-bond acceptors (Lipinski definition) is 5. The molecule has 2 amide bonds. The van der Waals surface area contributed by atoms with E-state index in [2.05, 4.69) is 22.4 Å². The van der Waals surface area contributed by atoms with E-state index in [1.54, 1.807) is 11.6 Å². The van der Waals surface area contributed by atoms with Crippen LogP contribution in [0.2, 0.25) is 5.02 Å². The van der Waals surface area contributed by atoms with Gasteiger partial charge in [0.1, 0.15) is 11.6 Å². The molecule has 3 rings (SSSR count). The molecule has 1 aromatic heterocycles. The standard InChI is InChI=1S/C19H23ClFN5O2S/c1-12-5-7-26(8-6-12)18(28)11-29-19-24-23-16(25(19)2)10-17(27)22-13-3-4-15(21)14(20)9-13/h3-4,9,12H,5-8,10-11H2,1-2H3,(H,22,27). The number of carbonyl (C=O) groups is 2. The summed E-state index contributed by atoms with van der Waals surface area (Å²) in [5.74, 6) is 0.659. The largest absolute Gasteiger partial charge is 0.342 e. The van der Waals surface area contributed by atoms with Crippen LogP contribution in [0.5, 0.6) is 0 Å². The summed E-state index contributed by atoms with van der Waals surface area (Å²) >= 11 is 7.04. The molecule has 1 fully saturated rings. The van der Waals surface area contributed by atoms with Crippen LogP contribution < -0.4 is 5.32 Å². The van der Waals surface area contributed by atoms with Crippen molar-refractivity contribution in [1.29, 1.82) is 0 Å². The zero-order chi connectivity index (χ0) is 21.0. The van der Waals surface area contributed by atoms with Crippen molar-refractivity contribution in [3.63, 3.8) is 0 Å². The molecule has 2 aromatic rings. The van der Waals surface area contributed by atoms with Gasteiger partial charge in [0.2, 0.25) is 11.8 Å². The van der Waals surface area contributed by atoms with Crippen molar-refractivity contribution < 1.29 is 14.0 Å². The van der Waals surface area contributed by atoms with E-state index in [9.17, 15) is 14.0 Å². The van der Waals surface area contributed by atoms with E-state index in [0.717, 1.165) is 25.9 Å². The molecule has 7 nitrogen and oxygen atoms in total. The van der Waals surface area contributed by atoms with Gasteiger partial charge in [-0.15, -0.1) is 10.2 Å². The van der Waals surface area contributed by atoms with Crippen molar-refractivity contribution in [1.82, 2.24) is 19.7 Å². The predicted molar refractivity (Wildman–Crippen MR) is 110 cm³/mol. The summed E-state index contributed by atoms with van der Waals surface area (Å²) in [6.07, 6.45) is 2.08. The third-order valence-corrected chi connectivity index (χ3v) is 6.20. The number of likely N-dealkylation sites (tertiary alicyclic amines) is 1. The number of piperidine rings is 1. The number of thioether (sulfide) groups is 1. The Hall–Kier alpha value is -2.13. The summed E-state index contributed by atoms with van der Waals surface area (Å²) in [5.41, 5.74) is 0.402. The Morgan fingerprint density at radius 1 is 1.31 bits per heavy atom. The number of rotatable bonds is 6. The molecule has 0 saturated carbocycles. The number of carbonyl (C=O) groups excluding carboxylic acids is 2. The molecule has 0 unspecified atom stereocenters. The van der Waals surface area contributed by atoms with Crippen LogP contribution >= 0.6 is 23.4 Å². The van der Waals surface area contributed by atoms with Gasteiger partial charge in [-0.1, -0.05) is 30.3 Å². The molecule has 29 heavy (non-hydrogen) atoms. The number of benzene rings is 1. The van der Waals surface area contributed by atoms with Gasteiger partial charge in [0.15, 0.2) is 5.16 Å². The lowest BCUT2D eigenvalue weighted by molar-refractivity contribution is -0.129. The summed E-state index contributed by atoms with van der Waals surface area (Å²) in [4.78, 5) is 26.5. The zero-order valence-electron chi connectivity index (χ0n) is 16.3. The van der Waals surface area contributed by atoms with Gasteiger partial charge in [0.25, 0.3) is 0 Å². The second-order valence-corrected chi connectivity index (χ2v) is 8.51. The summed E-state index contributed by atoms with van der Waals surface area (Å²) in [6, 6.07) is 3.97. The van der Waals surface area contributed by atoms with Gasteiger partial charge in [-0.05, 0) is 37.0 Å². The van der Waals surface area contributed by atoms with E-state index in [1.807, 2.05) is 4.90 Å². The normalized spacial score (nSPS) is 14.8. The maximum atomic E-state index is 13.2. The number of nitrogens with zero attached hydrogens (tertiary/aromatic N) is 4. The van der Waals surface area contributed by atoms with Gasteiger partial charge < -0.3 is 14.8 Å². The molecule has 1 aliphatic heterocycles. The molecule has 1 N–H and O–H groups in total. The number of nitrogens with one attached hydrogen (secondary N) is 1. The Balaban J connectivity index is 1.52. The number of hydrogen-bond donors (Lipinski definition) is 1. The molecule has 0 atom stereocenters. The van der Waals surface area contributed by atoms with Crippen molar-refractivity contribution in [3.8, 4) is 0 Å². The van der Waals surface area contributed by atoms with E-state index < -0.39 is 5.82 Å². The second-order valence-electron chi connectivity index (χ2n) is 7.16. The highest BCUT2D eigenvalue weighted by molar-refractivity contribution is 7.99. The van der Waals surface area contributed by atoms with E-state index >= 15 is 0 Å². The minimum atomic E-state index is -0.548. The van der Waals surface area contributed by atoms with Gasteiger partial charge in [-0.25, -0.2) is 4.39 Å². The summed E-state index contributed by atoms with van der Waals surface area (Å²) in [7, 11) is 1.76. The van der Waals surface area contributed by atoms with Crippen LogP contribution in [0.3, 0.4) is 0 Å². The Labute approximate surface area is 178 Å². The van der Waals surface area contributed by atoms with Gasteiger partial charge in [-0.2, -0.15) is 0 Å². The molecule has 0 spiro atoms. The van der Waals surface area contributed by atoms with Gasteiger partial charge >= 0.3 is 0 Å². The Morgan fingerprint density at radius 3 is 2.72 bits per heavy atom. The lowest BCUT2D eigenvalue weighted by Gasteiger charge is -2.30. The smallest absolute Gasteiger partial charge is 0.233 e. The number of halogens is 2. The molecule has 1 saturated heterocycles. The van der Waals surface area contributed by atoms with Gasteiger partial charge in [-0.3, -0.25) is 9.59 Å². The van der Waals surface area contributed by atoms with Crippen LogP contribution in [0.1, 0.15) is 25.6 Å². The van der Waals surface area contributed by atoms with Gasteiger partial charge in [0.05, 0.1) is 17.2 Å². The molecular formula is C19H23ClFN5O2S. The fourth-order valence-electron chi connectivity index (χ4n) is 3.02. The highest BCUT2D eigenvalue weighted by atomic mass is 35.5. The molecule has 1 aliphatic rings. The molecule has 156 valence electrons. The highest BCUT2D eigenvalue weighted by Crippen LogP contribution is 2.21. The maximum Gasteiger partial charge on any atom is 0.233 e. The van der Waals surface area contributed by atoms with E-state index in [1.165, 1.54) is 30.0 Å². The lowest BCUT2D eigenvalue weighted by atomic mass is 9.99. The van der Waals surface area contributed by atoms with Gasteiger partial charge in [0, 0.05) is 25.8 Å². The lowest BCUT2D eigenvalue weighted by Crippen LogP contribution is -2.38. The summed E-state index contributed by atoms with van der Waals surface area (Å²) < 4.78 is 14.9. The minimum absolute atomic E-state index is 0.00296. The fourth-order valence-corrected chi connectivity index (χ4v) is 4.04. The fraction of sp³-hybridized carbons (Fsp3) is 0.474.